The number of nitrogens with zero attached hydrogens (tertiary/aromatic N) is 5. The van der Waals surface area contributed by atoms with Crippen molar-refractivity contribution in [3.63, 3.8) is 0 Å². The number of alkyl halides is 3. The maximum atomic E-state index is 13.4. The number of benzene rings is 1. The van der Waals surface area contributed by atoms with Gasteiger partial charge in [-0.25, -0.2) is 15.0 Å². The summed E-state index contributed by atoms with van der Waals surface area (Å²) in [5.74, 6) is 0.756. The molecule has 0 amide bonds. The Morgan fingerprint density at radius 2 is 1.87 bits per heavy atom. The van der Waals surface area contributed by atoms with E-state index in [1.165, 1.54) is 18.5 Å². The first-order valence-electron chi connectivity index (χ1n) is 10.1. The van der Waals surface area contributed by atoms with Crippen molar-refractivity contribution in [2.75, 3.05) is 13.2 Å². The van der Waals surface area contributed by atoms with Gasteiger partial charge in [-0.2, -0.15) is 13.2 Å². The predicted octanol–water partition coefficient (Wildman–Crippen LogP) is 4.64. The van der Waals surface area contributed by atoms with Crippen LogP contribution in [0.3, 0.4) is 0 Å². The zero-order valence-electron chi connectivity index (χ0n) is 16.9. The van der Waals surface area contributed by atoms with Gasteiger partial charge in [-0.15, -0.1) is 0 Å². The largest absolute Gasteiger partial charge is 0.416 e. The van der Waals surface area contributed by atoms with Gasteiger partial charge in [0.2, 0.25) is 0 Å². The number of aromatic nitrogens is 5. The molecule has 9 heteroatoms. The molecule has 0 saturated carbocycles. The third-order valence-corrected chi connectivity index (χ3v) is 5.67. The van der Waals surface area contributed by atoms with Crippen molar-refractivity contribution >= 4 is 21.9 Å². The normalized spacial score (nSPS) is 15.7. The highest BCUT2D eigenvalue weighted by atomic mass is 19.4. The van der Waals surface area contributed by atoms with Gasteiger partial charge in [0.15, 0.2) is 0 Å². The Hall–Kier alpha value is -3.07. The van der Waals surface area contributed by atoms with Crippen LogP contribution >= 0.6 is 0 Å². The van der Waals surface area contributed by atoms with Crippen LogP contribution in [0.4, 0.5) is 13.2 Å². The van der Waals surface area contributed by atoms with E-state index in [2.05, 4.69) is 19.5 Å². The number of fused-ring (bicyclic) bond motifs is 3. The van der Waals surface area contributed by atoms with Gasteiger partial charge in [0.25, 0.3) is 0 Å². The summed E-state index contributed by atoms with van der Waals surface area (Å²) in [6.45, 7) is 3.10. The summed E-state index contributed by atoms with van der Waals surface area (Å²) in [7, 11) is 0. The third kappa shape index (κ3) is 3.74. The van der Waals surface area contributed by atoms with E-state index in [0.717, 1.165) is 36.1 Å². The summed E-state index contributed by atoms with van der Waals surface area (Å²) in [6.07, 6.45) is 0.708. The standard InChI is InChI=1S/C22H20F3N5O/c1-13-8-15(28-12-27-13)10-20-29-19-11-26-18-3-2-14(22(23,24)25)9-17(18)21(19)30(20)16-4-6-31-7-5-16/h2-3,8-9,11-12,16H,4-7,10H2,1H3. The molecular weight excluding hydrogens is 407 g/mol. The third-order valence-electron chi connectivity index (χ3n) is 5.67. The van der Waals surface area contributed by atoms with Crippen LogP contribution in [0, 0.1) is 6.92 Å². The summed E-state index contributed by atoms with van der Waals surface area (Å²) < 4.78 is 47.9. The molecule has 1 saturated heterocycles. The molecule has 0 N–H and O–H groups in total. The SMILES string of the molecule is Cc1cc(Cc2nc3cnc4ccc(C(F)(F)F)cc4c3n2C2CCOCC2)ncn1. The maximum Gasteiger partial charge on any atom is 0.416 e. The summed E-state index contributed by atoms with van der Waals surface area (Å²) in [5, 5.41) is 0.455. The molecule has 160 valence electrons. The van der Waals surface area contributed by atoms with Crippen LogP contribution in [0.5, 0.6) is 0 Å². The molecule has 0 bridgehead atoms. The van der Waals surface area contributed by atoms with E-state index in [1.54, 1.807) is 6.20 Å². The molecule has 0 unspecified atom stereocenters. The fraction of sp³-hybridized carbons (Fsp3) is 0.364. The van der Waals surface area contributed by atoms with Gasteiger partial charge < -0.3 is 9.30 Å². The van der Waals surface area contributed by atoms with Gasteiger partial charge in [-0.3, -0.25) is 4.98 Å². The molecule has 1 fully saturated rings. The molecule has 0 radical (unpaired) electrons. The van der Waals surface area contributed by atoms with Crippen LogP contribution in [0.25, 0.3) is 21.9 Å². The summed E-state index contributed by atoms with van der Waals surface area (Å²) in [6, 6.07) is 5.65. The Morgan fingerprint density at radius 3 is 2.61 bits per heavy atom. The lowest BCUT2D eigenvalue weighted by Gasteiger charge is -2.26. The molecule has 0 aliphatic carbocycles. The highest BCUT2D eigenvalue weighted by Gasteiger charge is 2.31. The number of pyridine rings is 1. The van der Waals surface area contributed by atoms with Crippen molar-refractivity contribution in [2.24, 2.45) is 0 Å². The van der Waals surface area contributed by atoms with E-state index < -0.39 is 11.7 Å². The fourth-order valence-electron chi connectivity index (χ4n) is 4.23. The summed E-state index contributed by atoms with van der Waals surface area (Å²) in [5.41, 5.74) is 2.74. The zero-order valence-corrected chi connectivity index (χ0v) is 16.9. The van der Waals surface area contributed by atoms with Crippen LogP contribution in [-0.2, 0) is 17.3 Å². The topological polar surface area (TPSA) is 65.7 Å². The van der Waals surface area contributed by atoms with E-state index in [1.807, 2.05) is 13.0 Å². The van der Waals surface area contributed by atoms with E-state index >= 15 is 0 Å². The van der Waals surface area contributed by atoms with E-state index in [4.69, 9.17) is 9.72 Å². The van der Waals surface area contributed by atoms with Gasteiger partial charge >= 0.3 is 6.18 Å². The summed E-state index contributed by atoms with van der Waals surface area (Å²) in [4.78, 5) is 17.6. The van der Waals surface area contributed by atoms with Crippen LogP contribution in [0.2, 0.25) is 0 Å². The van der Waals surface area contributed by atoms with Gasteiger partial charge in [0.1, 0.15) is 17.7 Å². The number of halogens is 3. The number of rotatable bonds is 3. The molecule has 5 rings (SSSR count). The Kier molecular flexibility index (Phi) is 4.85. The van der Waals surface area contributed by atoms with Crippen LogP contribution in [0.1, 0.15) is 41.7 Å². The van der Waals surface area contributed by atoms with Crippen LogP contribution < -0.4 is 0 Å². The smallest absolute Gasteiger partial charge is 0.381 e. The summed E-state index contributed by atoms with van der Waals surface area (Å²) >= 11 is 0. The molecule has 4 heterocycles. The lowest BCUT2D eigenvalue weighted by molar-refractivity contribution is -0.137. The number of ether oxygens (including phenoxy) is 1. The monoisotopic (exact) mass is 427 g/mol. The Bertz CT molecular complexity index is 1260. The minimum atomic E-state index is -4.43. The first kappa shape index (κ1) is 19.9. The highest BCUT2D eigenvalue weighted by molar-refractivity contribution is 6.02. The van der Waals surface area contributed by atoms with Crippen molar-refractivity contribution in [3.8, 4) is 0 Å². The number of hydrogen-bond donors (Lipinski definition) is 0. The van der Waals surface area contributed by atoms with Gasteiger partial charge in [-0.1, -0.05) is 0 Å². The van der Waals surface area contributed by atoms with Crippen molar-refractivity contribution < 1.29 is 17.9 Å². The maximum absolute atomic E-state index is 13.4. The second-order valence-corrected chi connectivity index (χ2v) is 7.79. The van der Waals surface area contributed by atoms with Gasteiger partial charge in [-0.05, 0) is 44.0 Å². The lowest BCUT2D eigenvalue weighted by Crippen LogP contribution is -2.21. The molecule has 0 atom stereocenters. The van der Waals surface area contributed by atoms with Crippen molar-refractivity contribution in [3.05, 3.63) is 59.6 Å². The number of hydrogen-bond acceptors (Lipinski definition) is 5. The second kappa shape index (κ2) is 7.56. The second-order valence-electron chi connectivity index (χ2n) is 7.79. The molecule has 1 aliphatic heterocycles. The van der Waals surface area contributed by atoms with Crippen molar-refractivity contribution in [1.82, 2.24) is 24.5 Å². The minimum Gasteiger partial charge on any atom is -0.381 e. The predicted molar refractivity (Wildman–Crippen MR) is 109 cm³/mol. The average molecular weight is 427 g/mol. The molecule has 1 aromatic carbocycles. The molecule has 31 heavy (non-hydrogen) atoms. The highest BCUT2D eigenvalue weighted by Crippen LogP contribution is 2.36. The molecular formula is C22H20F3N5O. The number of aryl methyl sites for hydroxylation is 1. The Labute approximate surface area is 176 Å². The van der Waals surface area contributed by atoms with Crippen molar-refractivity contribution in [2.45, 2.75) is 38.4 Å². The molecule has 0 spiro atoms. The zero-order chi connectivity index (χ0) is 21.6. The Morgan fingerprint density at radius 1 is 1.06 bits per heavy atom. The Balaban J connectivity index is 1.75. The first-order valence-corrected chi connectivity index (χ1v) is 10.1. The average Bonchev–Trinajstić information content (AvgIpc) is 3.11. The van der Waals surface area contributed by atoms with Crippen molar-refractivity contribution in [1.29, 1.82) is 0 Å². The van der Waals surface area contributed by atoms with Crippen LogP contribution in [-0.4, -0.2) is 37.7 Å². The minimum absolute atomic E-state index is 0.0804. The lowest BCUT2D eigenvalue weighted by atomic mass is 10.1. The molecule has 3 aromatic heterocycles. The quantitative estimate of drug-likeness (QED) is 0.476. The molecule has 1 aliphatic rings. The van der Waals surface area contributed by atoms with Gasteiger partial charge in [0.05, 0.1) is 28.5 Å². The first-order chi connectivity index (χ1) is 14.9. The van der Waals surface area contributed by atoms with E-state index in [9.17, 15) is 13.2 Å². The number of imidazole rings is 1. The molecule has 6 nitrogen and oxygen atoms in total. The van der Waals surface area contributed by atoms with E-state index in [-0.39, 0.29) is 6.04 Å². The van der Waals surface area contributed by atoms with Crippen LogP contribution in [0.15, 0.2) is 36.8 Å². The fourth-order valence-corrected chi connectivity index (χ4v) is 4.23. The van der Waals surface area contributed by atoms with E-state index in [0.29, 0.717) is 41.6 Å². The van der Waals surface area contributed by atoms with Gasteiger partial charge in [0, 0.05) is 36.8 Å². The molecule has 4 aromatic rings.